The van der Waals surface area contributed by atoms with Crippen LogP contribution in [0.1, 0.15) is 5.71 Å². The molecule has 0 radical (unpaired) electrons. The number of hydrogen-bond acceptors (Lipinski definition) is 1. The predicted molar refractivity (Wildman–Crippen MR) is 267 cm³/mol. The van der Waals surface area contributed by atoms with Crippen LogP contribution in [0.25, 0.3) is 0 Å². The van der Waals surface area contributed by atoms with Gasteiger partial charge in [-0.1, -0.05) is 273 Å². The van der Waals surface area contributed by atoms with Crippen LogP contribution in [-0.4, -0.2) is 6.79 Å². The van der Waals surface area contributed by atoms with E-state index in [0.717, 1.165) is 0 Å². The van der Waals surface area contributed by atoms with Crippen LogP contribution in [0.2, 0.25) is 0 Å². The van der Waals surface area contributed by atoms with Gasteiger partial charge in [0.05, 0.1) is 0 Å². The van der Waals surface area contributed by atoms with Crippen LogP contribution < -0.4 is 47.7 Å². The summed E-state index contributed by atoms with van der Waals surface area (Å²) in [6.45, 7) is 2.00. The number of rotatable bonds is 9. The summed E-state index contributed by atoms with van der Waals surface area (Å²) in [7, 11) is -1.34. The molecule has 300 valence electrons. The molecule has 9 aromatic rings. The fraction of sp³-hybridized carbons (Fsp3) is 0. The van der Waals surface area contributed by atoms with Crippen molar-refractivity contribution in [2.45, 2.75) is 0 Å². The van der Waals surface area contributed by atoms with Gasteiger partial charge in [-0.15, -0.1) is 0 Å². The van der Waals surface area contributed by atoms with Crippen molar-refractivity contribution in [1.29, 1.82) is 0 Å². The Morgan fingerprint density at radius 1 is 0.200 bits per heavy atom. The van der Waals surface area contributed by atoms with Gasteiger partial charge < -0.3 is 10.5 Å². The topological polar surface area (TPSA) is 17.1 Å². The molecule has 0 N–H and O–H groups in total. The monoisotopic (exact) mass is 922 g/mol. The van der Waals surface area contributed by atoms with E-state index in [0.29, 0.717) is 0 Å². The zero-order valence-electron chi connectivity index (χ0n) is 37.3. The summed E-state index contributed by atoms with van der Waals surface area (Å²) in [5.41, 5.74) is 0. The molecule has 0 amide bonds. The molecule has 0 atom stereocenters. The molecule has 0 saturated carbocycles. The van der Waals surface area contributed by atoms with E-state index in [1.54, 1.807) is 0 Å². The zero-order valence-corrected chi connectivity index (χ0v) is 37.7. The Bertz CT molecular complexity index is 1910. The van der Waals surface area contributed by atoms with Crippen molar-refractivity contribution in [1.82, 2.24) is 0 Å². The van der Waals surface area contributed by atoms with Crippen LogP contribution in [-0.2, 0) is 24.3 Å². The molecule has 0 saturated heterocycles. The first-order valence-corrected chi connectivity index (χ1v) is 23.5. The fourth-order valence-corrected chi connectivity index (χ4v) is 13.5. The molecular weight excluding hydrogens is 871 g/mol. The number of carbonyl (C=O) groups is 1. The quantitative estimate of drug-likeness (QED) is 0.104. The Kier molecular flexibility index (Phi) is 19.7. The molecule has 0 aromatic heterocycles. The average molecular weight is 922 g/mol. The summed E-state index contributed by atoms with van der Waals surface area (Å²) in [5.74, 6) is 0. The van der Waals surface area contributed by atoms with Crippen LogP contribution in [0.3, 0.4) is 0 Å². The molecule has 5 heteroatoms. The van der Waals surface area contributed by atoms with Gasteiger partial charge in [0.2, 0.25) is 0 Å². The molecule has 0 aliphatic heterocycles. The third-order valence-electron chi connectivity index (χ3n) is 9.13. The Morgan fingerprint density at radius 2 is 0.283 bits per heavy atom. The molecule has 1 nitrogen and oxygen atoms in total. The molecule has 0 bridgehead atoms. The summed E-state index contributed by atoms with van der Waals surface area (Å²) in [6.07, 6.45) is 0. The number of carbonyl (C=O) groups excluding carboxylic acids is 1. The second-order valence-electron chi connectivity index (χ2n) is 13.0. The maximum Gasteiger partial charge on any atom is 4.00 e. The summed E-state index contributed by atoms with van der Waals surface area (Å²) in [5, 5.41) is 12.6. The Labute approximate surface area is 379 Å². The van der Waals surface area contributed by atoms with Crippen molar-refractivity contribution < 1.29 is 30.0 Å². The van der Waals surface area contributed by atoms with Gasteiger partial charge >= 0.3 is 19.5 Å². The van der Waals surface area contributed by atoms with Gasteiger partial charge in [-0.25, -0.2) is 0 Å². The van der Waals surface area contributed by atoms with Crippen LogP contribution in [0, 0.1) is 0 Å². The largest absolute Gasteiger partial charge is 4.00 e. The van der Waals surface area contributed by atoms with Gasteiger partial charge in [0.1, 0.15) is 6.79 Å². The van der Waals surface area contributed by atoms with Crippen LogP contribution >= 0.6 is 23.8 Å². The molecule has 9 aromatic carbocycles. The van der Waals surface area contributed by atoms with Crippen LogP contribution in [0.15, 0.2) is 273 Å². The van der Waals surface area contributed by atoms with Crippen molar-refractivity contribution in [3.63, 3.8) is 0 Å². The second-order valence-corrected chi connectivity index (χ2v) is 19.7. The zero-order chi connectivity index (χ0) is 40.7. The SMILES string of the molecule is C=O.[H-].[H-].[H-].[H-].[Ru+4].c1ccc(P(c2ccccc2)c2ccccc2)cc1.c1ccc(P(c2ccccc2)c2ccccc2)cc1.c1ccc(P(c2ccccc2)c2ccccc2)cc1. The molecule has 60 heavy (non-hydrogen) atoms. The molecule has 0 heterocycles. The van der Waals surface area contributed by atoms with E-state index < -0.39 is 23.8 Å². The van der Waals surface area contributed by atoms with Gasteiger partial charge in [0.15, 0.2) is 0 Å². The van der Waals surface area contributed by atoms with Gasteiger partial charge in [0.25, 0.3) is 0 Å². The maximum absolute atomic E-state index is 8.00. The second kappa shape index (κ2) is 25.9. The minimum absolute atomic E-state index is 0. The molecule has 0 spiro atoms. The summed E-state index contributed by atoms with van der Waals surface area (Å²) in [4.78, 5) is 8.00. The minimum atomic E-state index is -0.446. The summed E-state index contributed by atoms with van der Waals surface area (Å²) < 4.78 is 0. The first-order valence-electron chi connectivity index (χ1n) is 19.5. The normalized spacial score (nSPS) is 10.1. The third kappa shape index (κ3) is 13.3. The van der Waals surface area contributed by atoms with Crippen molar-refractivity contribution in [3.8, 4) is 0 Å². The van der Waals surface area contributed by atoms with Crippen molar-refractivity contribution >= 4 is 78.3 Å². The van der Waals surface area contributed by atoms with E-state index in [9.17, 15) is 0 Å². The van der Waals surface area contributed by atoms with Crippen LogP contribution in [0.5, 0.6) is 0 Å². The van der Waals surface area contributed by atoms with E-state index in [-0.39, 0.29) is 25.2 Å². The molecule has 9 rings (SSSR count). The molecule has 0 fully saturated rings. The smallest absolute Gasteiger partial charge is 1.00 e. The molecular formula is C55H51OP3Ru. The van der Waals surface area contributed by atoms with Gasteiger partial charge in [-0.05, 0) is 71.5 Å². The summed E-state index contributed by atoms with van der Waals surface area (Å²) in [6, 6.07) is 97.0. The Hall–Kier alpha value is -5.44. The predicted octanol–water partition coefficient (Wildman–Crippen LogP) is 10.6. The van der Waals surface area contributed by atoms with E-state index in [1.807, 2.05) is 6.79 Å². The fourth-order valence-electron chi connectivity index (χ4n) is 6.54. The van der Waals surface area contributed by atoms with Crippen LogP contribution in [0.4, 0.5) is 0 Å². The Morgan fingerprint density at radius 3 is 0.367 bits per heavy atom. The van der Waals surface area contributed by atoms with Crippen molar-refractivity contribution in [2.24, 2.45) is 0 Å². The van der Waals surface area contributed by atoms with Gasteiger partial charge in [-0.3, -0.25) is 0 Å². The number of hydrogen-bond donors (Lipinski definition) is 0. The number of benzene rings is 9. The Balaban J connectivity index is 0.000000453. The average Bonchev–Trinajstić information content (AvgIpc) is 3.34. The standard InChI is InChI=1S/3C18H15P.CH2O.Ru.4H/c3*1-4-10-16(11-5-1)19(17-12-6-2-7-13-17)18-14-8-3-9-15-18;1-2;;;;;/h3*1-15H;1H2;;;;;/q;;;;+4;4*-1. The van der Waals surface area contributed by atoms with Gasteiger partial charge in [0, 0.05) is 0 Å². The maximum atomic E-state index is 8.00. The summed E-state index contributed by atoms with van der Waals surface area (Å²) >= 11 is 0. The van der Waals surface area contributed by atoms with Gasteiger partial charge in [-0.2, -0.15) is 0 Å². The molecule has 0 aliphatic carbocycles. The van der Waals surface area contributed by atoms with E-state index in [4.69, 9.17) is 4.79 Å². The molecule has 0 unspecified atom stereocenters. The van der Waals surface area contributed by atoms with Crippen molar-refractivity contribution in [3.05, 3.63) is 273 Å². The minimum Gasteiger partial charge on any atom is -1.00 e. The third-order valence-corrected chi connectivity index (χ3v) is 16.5. The van der Waals surface area contributed by atoms with Crippen molar-refractivity contribution in [2.75, 3.05) is 0 Å². The van der Waals surface area contributed by atoms with E-state index in [2.05, 4.69) is 273 Å². The molecule has 0 aliphatic rings. The van der Waals surface area contributed by atoms with E-state index in [1.165, 1.54) is 47.7 Å². The first kappa shape index (κ1) is 45.6. The van der Waals surface area contributed by atoms with E-state index >= 15 is 0 Å². The first-order chi connectivity index (χ1) is 29.3.